The van der Waals surface area contributed by atoms with Crippen LogP contribution in [-0.4, -0.2) is 6.61 Å². The predicted molar refractivity (Wildman–Crippen MR) is 44.8 cm³/mol. The van der Waals surface area contributed by atoms with Gasteiger partial charge in [0.05, 0.1) is 12.9 Å². The van der Waals surface area contributed by atoms with Crippen molar-refractivity contribution in [3.05, 3.63) is 25.0 Å². The van der Waals surface area contributed by atoms with E-state index in [1.165, 1.54) is 12.7 Å². The Morgan fingerprint density at radius 1 is 1.40 bits per heavy atom. The average Bonchev–Trinajstić information content (AvgIpc) is 1.97. The fraction of sp³-hybridized carbons (Fsp3) is 0.556. The molecular formula is C9H16O. The van der Waals surface area contributed by atoms with Crippen LogP contribution in [0.15, 0.2) is 25.0 Å². The Morgan fingerprint density at radius 3 is 2.80 bits per heavy atom. The van der Waals surface area contributed by atoms with E-state index in [-0.39, 0.29) is 0 Å². The standard InChI is InChI=1S/C9H16O/c1-3-5-6-7-8-9-10-4-2/h3-5H,2,6-9H2,1H3/b5-3+. The molecule has 0 aromatic rings. The summed E-state index contributed by atoms with van der Waals surface area (Å²) >= 11 is 0. The lowest BCUT2D eigenvalue weighted by Crippen LogP contribution is -1.85. The third-order valence-electron chi connectivity index (χ3n) is 1.24. The highest BCUT2D eigenvalue weighted by atomic mass is 16.5. The minimum absolute atomic E-state index is 0.807. The van der Waals surface area contributed by atoms with E-state index >= 15 is 0 Å². The maximum atomic E-state index is 4.95. The van der Waals surface area contributed by atoms with Crippen molar-refractivity contribution in [2.24, 2.45) is 0 Å². The highest BCUT2D eigenvalue weighted by Crippen LogP contribution is 1.96. The summed E-state index contributed by atoms with van der Waals surface area (Å²) in [6.45, 7) is 6.31. The van der Waals surface area contributed by atoms with Gasteiger partial charge < -0.3 is 4.74 Å². The lowest BCUT2D eigenvalue weighted by atomic mass is 10.2. The van der Waals surface area contributed by atoms with Gasteiger partial charge in [0, 0.05) is 0 Å². The quantitative estimate of drug-likeness (QED) is 0.313. The zero-order valence-corrected chi connectivity index (χ0v) is 6.68. The third kappa shape index (κ3) is 7.28. The minimum Gasteiger partial charge on any atom is -0.502 e. The Morgan fingerprint density at radius 2 is 2.20 bits per heavy atom. The fourth-order valence-corrected chi connectivity index (χ4v) is 0.698. The summed E-state index contributed by atoms with van der Waals surface area (Å²) in [4.78, 5) is 0. The molecule has 0 saturated heterocycles. The van der Waals surface area contributed by atoms with Gasteiger partial charge >= 0.3 is 0 Å². The van der Waals surface area contributed by atoms with E-state index < -0.39 is 0 Å². The van der Waals surface area contributed by atoms with Gasteiger partial charge in [0.1, 0.15) is 0 Å². The molecule has 0 fully saturated rings. The molecule has 0 amide bonds. The van der Waals surface area contributed by atoms with Gasteiger partial charge in [0.15, 0.2) is 0 Å². The van der Waals surface area contributed by atoms with Crippen LogP contribution >= 0.6 is 0 Å². The van der Waals surface area contributed by atoms with Crippen molar-refractivity contribution >= 4 is 0 Å². The van der Waals surface area contributed by atoms with Gasteiger partial charge in [0.25, 0.3) is 0 Å². The number of hydrogen-bond acceptors (Lipinski definition) is 1. The molecule has 58 valence electrons. The van der Waals surface area contributed by atoms with Crippen LogP contribution in [0, 0.1) is 0 Å². The molecule has 0 aromatic carbocycles. The normalized spacial score (nSPS) is 10.1. The van der Waals surface area contributed by atoms with Crippen LogP contribution in [0.25, 0.3) is 0 Å². The van der Waals surface area contributed by atoms with Gasteiger partial charge in [-0.3, -0.25) is 0 Å². The molecule has 1 heteroatoms. The van der Waals surface area contributed by atoms with Crippen molar-refractivity contribution in [1.82, 2.24) is 0 Å². The highest BCUT2D eigenvalue weighted by Gasteiger charge is 1.83. The Balaban J connectivity index is 2.83. The lowest BCUT2D eigenvalue weighted by Gasteiger charge is -1.96. The van der Waals surface area contributed by atoms with Crippen LogP contribution in [0.3, 0.4) is 0 Å². The number of allylic oxidation sites excluding steroid dienone is 2. The second kappa shape index (κ2) is 8.28. The first-order valence-electron chi connectivity index (χ1n) is 3.75. The van der Waals surface area contributed by atoms with E-state index in [0.717, 1.165) is 19.4 Å². The molecule has 0 aromatic heterocycles. The van der Waals surface area contributed by atoms with E-state index in [1.54, 1.807) is 0 Å². The van der Waals surface area contributed by atoms with E-state index in [0.29, 0.717) is 0 Å². The van der Waals surface area contributed by atoms with Gasteiger partial charge in [-0.25, -0.2) is 0 Å². The Bertz CT molecular complexity index is 94.9. The minimum atomic E-state index is 0.807. The lowest BCUT2D eigenvalue weighted by molar-refractivity contribution is 0.243. The zero-order chi connectivity index (χ0) is 7.66. The third-order valence-corrected chi connectivity index (χ3v) is 1.24. The number of rotatable bonds is 6. The van der Waals surface area contributed by atoms with Crippen molar-refractivity contribution in [2.75, 3.05) is 6.61 Å². The average molecular weight is 140 g/mol. The van der Waals surface area contributed by atoms with E-state index in [4.69, 9.17) is 4.74 Å². The highest BCUT2D eigenvalue weighted by molar-refractivity contribution is 4.76. The van der Waals surface area contributed by atoms with Crippen molar-refractivity contribution in [3.8, 4) is 0 Å². The molecule has 0 radical (unpaired) electrons. The smallest absolute Gasteiger partial charge is 0.0873 e. The predicted octanol–water partition coefficient (Wildman–Crippen LogP) is 2.89. The molecule has 0 unspecified atom stereocenters. The first-order valence-corrected chi connectivity index (χ1v) is 3.75. The van der Waals surface area contributed by atoms with Gasteiger partial charge in [-0.05, 0) is 26.2 Å². The first-order chi connectivity index (χ1) is 4.91. The molecule has 0 saturated carbocycles. The maximum Gasteiger partial charge on any atom is 0.0873 e. The van der Waals surface area contributed by atoms with E-state index in [1.807, 2.05) is 6.92 Å². The van der Waals surface area contributed by atoms with Crippen molar-refractivity contribution in [2.45, 2.75) is 26.2 Å². The molecule has 0 N–H and O–H groups in total. The summed E-state index contributed by atoms with van der Waals surface area (Å²) in [6, 6.07) is 0. The molecule has 0 spiro atoms. The van der Waals surface area contributed by atoms with Crippen LogP contribution < -0.4 is 0 Å². The summed E-state index contributed by atoms with van der Waals surface area (Å²) in [6.07, 6.45) is 9.24. The topological polar surface area (TPSA) is 9.23 Å². The number of ether oxygens (including phenoxy) is 1. The van der Waals surface area contributed by atoms with Crippen molar-refractivity contribution in [1.29, 1.82) is 0 Å². The van der Waals surface area contributed by atoms with Crippen LogP contribution in [0.5, 0.6) is 0 Å². The molecular weight excluding hydrogens is 124 g/mol. The van der Waals surface area contributed by atoms with Crippen molar-refractivity contribution < 1.29 is 4.74 Å². The molecule has 0 atom stereocenters. The van der Waals surface area contributed by atoms with E-state index in [2.05, 4.69) is 18.7 Å². The Labute approximate surface area is 63.4 Å². The molecule has 1 nitrogen and oxygen atoms in total. The Kier molecular flexibility index (Phi) is 7.68. The summed E-state index contributed by atoms with van der Waals surface area (Å²) in [5.41, 5.74) is 0. The summed E-state index contributed by atoms with van der Waals surface area (Å²) in [5, 5.41) is 0. The largest absolute Gasteiger partial charge is 0.502 e. The zero-order valence-electron chi connectivity index (χ0n) is 6.68. The number of hydrogen-bond donors (Lipinski definition) is 0. The van der Waals surface area contributed by atoms with Crippen molar-refractivity contribution in [3.63, 3.8) is 0 Å². The number of unbranched alkanes of at least 4 members (excludes halogenated alkanes) is 2. The van der Waals surface area contributed by atoms with Gasteiger partial charge in [-0.15, -0.1) is 0 Å². The van der Waals surface area contributed by atoms with Gasteiger partial charge in [0.2, 0.25) is 0 Å². The second-order valence-electron chi connectivity index (χ2n) is 2.10. The summed E-state index contributed by atoms with van der Waals surface area (Å²) in [7, 11) is 0. The SMILES string of the molecule is C=COCCCC/C=C/C. The summed E-state index contributed by atoms with van der Waals surface area (Å²) in [5.74, 6) is 0. The van der Waals surface area contributed by atoms with Gasteiger partial charge in [-0.1, -0.05) is 18.7 Å². The molecule has 0 bridgehead atoms. The second-order valence-corrected chi connectivity index (χ2v) is 2.10. The van der Waals surface area contributed by atoms with Crippen LogP contribution in [-0.2, 0) is 4.74 Å². The molecule has 0 aliphatic heterocycles. The van der Waals surface area contributed by atoms with Gasteiger partial charge in [-0.2, -0.15) is 0 Å². The molecule has 0 aliphatic carbocycles. The van der Waals surface area contributed by atoms with Crippen LogP contribution in [0.2, 0.25) is 0 Å². The summed E-state index contributed by atoms with van der Waals surface area (Å²) < 4.78 is 4.95. The monoisotopic (exact) mass is 140 g/mol. The fourth-order valence-electron chi connectivity index (χ4n) is 0.698. The Hall–Kier alpha value is -0.720. The molecule has 10 heavy (non-hydrogen) atoms. The van der Waals surface area contributed by atoms with Crippen LogP contribution in [0.4, 0.5) is 0 Å². The van der Waals surface area contributed by atoms with Crippen LogP contribution in [0.1, 0.15) is 26.2 Å². The van der Waals surface area contributed by atoms with E-state index in [9.17, 15) is 0 Å². The molecule has 0 aliphatic rings. The first kappa shape index (κ1) is 9.28. The molecule has 0 heterocycles. The molecule has 0 rings (SSSR count). The maximum absolute atomic E-state index is 4.95.